The Morgan fingerprint density at radius 3 is 2.88 bits per heavy atom. The van der Waals surface area contributed by atoms with Crippen molar-refractivity contribution < 1.29 is 9.90 Å². The van der Waals surface area contributed by atoms with E-state index in [1.165, 1.54) is 0 Å². The molecule has 1 aromatic heterocycles. The van der Waals surface area contributed by atoms with E-state index in [4.69, 9.17) is 16.7 Å². The number of carbonyl (C=O) groups excluding carboxylic acids is 1. The van der Waals surface area contributed by atoms with Crippen molar-refractivity contribution in [1.29, 1.82) is 0 Å². The van der Waals surface area contributed by atoms with E-state index < -0.39 is 0 Å². The Balaban J connectivity index is 2.06. The monoisotopic (exact) mass is 363 g/mol. The maximum atomic E-state index is 11.4. The second-order valence-electron chi connectivity index (χ2n) is 6.21. The SMILES string of the molecule is CCN(CCO)CCCC(C)Nc1c(C=O)cnc2cc(Cl)ccc12. The van der Waals surface area contributed by atoms with Crippen LogP contribution in [0.2, 0.25) is 5.02 Å². The van der Waals surface area contributed by atoms with Gasteiger partial charge in [0.05, 0.1) is 23.4 Å². The second kappa shape index (κ2) is 9.70. The van der Waals surface area contributed by atoms with Gasteiger partial charge in [-0.05, 0) is 51.1 Å². The van der Waals surface area contributed by atoms with E-state index in [1.807, 2.05) is 12.1 Å². The van der Waals surface area contributed by atoms with Crippen LogP contribution in [-0.2, 0) is 0 Å². The minimum Gasteiger partial charge on any atom is -0.395 e. The molecule has 0 saturated carbocycles. The zero-order valence-corrected chi connectivity index (χ0v) is 15.6. The summed E-state index contributed by atoms with van der Waals surface area (Å²) in [6, 6.07) is 5.72. The van der Waals surface area contributed by atoms with Gasteiger partial charge in [0.15, 0.2) is 6.29 Å². The molecule has 1 unspecified atom stereocenters. The summed E-state index contributed by atoms with van der Waals surface area (Å²) in [6.45, 7) is 7.00. The van der Waals surface area contributed by atoms with Crippen molar-refractivity contribution >= 4 is 34.5 Å². The number of anilines is 1. The number of halogens is 1. The summed E-state index contributed by atoms with van der Waals surface area (Å²) in [7, 11) is 0. The highest BCUT2D eigenvalue weighted by Gasteiger charge is 2.12. The fourth-order valence-corrected chi connectivity index (χ4v) is 3.11. The van der Waals surface area contributed by atoms with Crippen molar-refractivity contribution in [3.8, 4) is 0 Å². The fourth-order valence-electron chi connectivity index (χ4n) is 2.94. The number of aliphatic hydroxyl groups is 1. The van der Waals surface area contributed by atoms with E-state index in [1.54, 1.807) is 12.3 Å². The van der Waals surface area contributed by atoms with Gasteiger partial charge in [0, 0.05) is 29.2 Å². The maximum Gasteiger partial charge on any atom is 0.153 e. The number of nitrogens with one attached hydrogen (secondary N) is 1. The van der Waals surface area contributed by atoms with Gasteiger partial charge < -0.3 is 15.3 Å². The van der Waals surface area contributed by atoms with Crippen LogP contribution in [0.4, 0.5) is 5.69 Å². The average Bonchev–Trinajstić information content (AvgIpc) is 2.61. The Labute approximate surface area is 154 Å². The van der Waals surface area contributed by atoms with Gasteiger partial charge in [-0.1, -0.05) is 18.5 Å². The topological polar surface area (TPSA) is 65.5 Å². The van der Waals surface area contributed by atoms with Crippen LogP contribution in [0.5, 0.6) is 0 Å². The molecule has 0 aliphatic carbocycles. The molecule has 136 valence electrons. The average molecular weight is 364 g/mol. The molecule has 2 rings (SSSR count). The first-order valence-corrected chi connectivity index (χ1v) is 9.10. The Kier molecular flexibility index (Phi) is 7.62. The Hall–Kier alpha value is -1.69. The van der Waals surface area contributed by atoms with Crippen molar-refractivity contribution in [2.75, 3.05) is 31.6 Å². The lowest BCUT2D eigenvalue weighted by atomic mass is 10.1. The smallest absolute Gasteiger partial charge is 0.153 e. The molecule has 0 aliphatic rings. The predicted octanol–water partition coefficient (Wildman–Crippen LogP) is 3.60. The number of rotatable bonds is 10. The summed E-state index contributed by atoms with van der Waals surface area (Å²) in [4.78, 5) is 17.9. The fraction of sp³-hybridized carbons (Fsp3) is 0.474. The summed E-state index contributed by atoms with van der Waals surface area (Å²) in [6.07, 6.45) is 4.40. The van der Waals surface area contributed by atoms with E-state index >= 15 is 0 Å². The highest BCUT2D eigenvalue weighted by Crippen LogP contribution is 2.28. The predicted molar refractivity (Wildman–Crippen MR) is 104 cm³/mol. The first-order valence-electron chi connectivity index (χ1n) is 8.72. The highest BCUT2D eigenvalue weighted by molar-refractivity contribution is 6.31. The number of aromatic nitrogens is 1. The highest BCUT2D eigenvalue weighted by atomic mass is 35.5. The van der Waals surface area contributed by atoms with Gasteiger partial charge >= 0.3 is 0 Å². The molecule has 5 nitrogen and oxygen atoms in total. The standard InChI is InChI=1S/C19H26ClN3O2/c1-3-23(9-10-24)8-4-5-14(2)22-19-15(13-25)12-21-18-11-16(20)6-7-17(18)19/h6-7,11-14,24H,3-5,8-10H2,1-2H3,(H,21,22). The van der Waals surface area contributed by atoms with Gasteiger partial charge in [0.2, 0.25) is 0 Å². The summed E-state index contributed by atoms with van der Waals surface area (Å²) in [5.74, 6) is 0. The van der Waals surface area contributed by atoms with Gasteiger partial charge in [0.1, 0.15) is 0 Å². The van der Waals surface area contributed by atoms with Crippen molar-refractivity contribution in [3.05, 3.63) is 35.0 Å². The molecule has 0 amide bonds. The van der Waals surface area contributed by atoms with Crippen LogP contribution in [0.15, 0.2) is 24.4 Å². The number of aliphatic hydroxyl groups excluding tert-OH is 1. The summed E-state index contributed by atoms with van der Waals surface area (Å²) in [5.41, 5.74) is 2.14. The van der Waals surface area contributed by atoms with Crippen LogP contribution < -0.4 is 5.32 Å². The molecule has 1 aromatic carbocycles. The third-order valence-corrected chi connectivity index (χ3v) is 4.59. The number of pyridine rings is 1. The Morgan fingerprint density at radius 2 is 2.20 bits per heavy atom. The maximum absolute atomic E-state index is 11.4. The summed E-state index contributed by atoms with van der Waals surface area (Å²) in [5, 5.41) is 14.0. The lowest BCUT2D eigenvalue weighted by Gasteiger charge is -2.22. The number of carbonyl (C=O) groups is 1. The van der Waals surface area contributed by atoms with E-state index in [0.29, 0.717) is 17.1 Å². The third-order valence-electron chi connectivity index (χ3n) is 4.35. The van der Waals surface area contributed by atoms with Gasteiger partial charge in [-0.25, -0.2) is 0 Å². The number of fused-ring (bicyclic) bond motifs is 1. The molecule has 0 fully saturated rings. The number of benzene rings is 1. The largest absolute Gasteiger partial charge is 0.395 e. The van der Waals surface area contributed by atoms with Crippen LogP contribution >= 0.6 is 11.6 Å². The van der Waals surface area contributed by atoms with Gasteiger partial charge in [-0.2, -0.15) is 0 Å². The number of nitrogens with zero attached hydrogens (tertiary/aromatic N) is 2. The lowest BCUT2D eigenvalue weighted by molar-refractivity contribution is 0.112. The number of likely N-dealkylation sites (N-methyl/N-ethyl adjacent to an activating group) is 1. The Morgan fingerprint density at radius 1 is 1.40 bits per heavy atom. The minimum absolute atomic E-state index is 0.190. The zero-order valence-electron chi connectivity index (χ0n) is 14.8. The molecule has 2 aromatic rings. The first kappa shape index (κ1) is 19.6. The molecule has 1 heterocycles. The zero-order chi connectivity index (χ0) is 18.2. The molecule has 0 radical (unpaired) electrons. The van der Waals surface area contributed by atoms with Crippen LogP contribution in [0.1, 0.15) is 37.0 Å². The summed E-state index contributed by atoms with van der Waals surface area (Å²) < 4.78 is 0. The number of aldehydes is 1. The molecule has 0 aliphatic heterocycles. The number of hydrogen-bond acceptors (Lipinski definition) is 5. The normalized spacial score (nSPS) is 12.5. The van der Waals surface area contributed by atoms with Crippen molar-refractivity contribution in [2.45, 2.75) is 32.7 Å². The van der Waals surface area contributed by atoms with Crippen molar-refractivity contribution in [1.82, 2.24) is 9.88 Å². The van der Waals surface area contributed by atoms with E-state index in [-0.39, 0.29) is 12.6 Å². The van der Waals surface area contributed by atoms with Gasteiger partial charge in [0.25, 0.3) is 0 Å². The van der Waals surface area contributed by atoms with Crippen LogP contribution in [0, 0.1) is 0 Å². The Bertz CT molecular complexity index is 708. The van der Waals surface area contributed by atoms with Crippen molar-refractivity contribution in [2.24, 2.45) is 0 Å². The molecule has 6 heteroatoms. The van der Waals surface area contributed by atoms with Crippen LogP contribution in [0.3, 0.4) is 0 Å². The van der Waals surface area contributed by atoms with Gasteiger partial charge in [-0.15, -0.1) is 0 Å². The van der Waals surface area contributed by atoms with E-state index in [2.05, 4.69) is 29.0 Å². The minimum atomic E-state index is 0.190. The molecular weight excluding hydrogens is 338 g/mol. The molecule has 0 saturated heterocycles. The lowest BCUT2D eigenvalue weighted by Crippen LogP contribution is -2.28. The molecule has 2 N–H and O–H groups in total. The van der Waals surface area contributed by atoms with Crippen molar-refractivity contribution in [3.63, 3.8) is 0 Å². The van der Waals surface area contributed by atoms with Gasteiger partial charge in [-0.3, -0.25) is 9.78 Å². The van der Waals surface area contributed by atoms with E-state index in [0.717, 1.165) is 48.8 Å². The van der Waals surface area contributed by atoms with Crippen LogP contribution in [0.25, 0.3) is 10.9 Å². The molecule has 25 heavy (non-hydrogen) atoms. The molecule has 1 atom stereocenters. The molecule has 0 bridgehead atoms. The van der Waals surface area contributed by atoms with Crippen LogP contribution in [-0.4, -0.2) is 53.6 Å². The first-order chi connectivity index (χ1) is 12.1. The molecule has 0 spiro atoms. The number of hydrogen-bond donors (Lipinski definition) is 2. The quantitative estimate of drug-likeness (QED) is 0.631. The second-order valence-corrected chi connectivity index (χ2v) is 6.65. The van der Waals surface area contributed by atoms with E-state index in [9.17, 15) is 4.79 Å². The molecular formula is C19H26ClN3O2. The third kappa shape index (κ3) is 5.39. The summed E-state index contributed by atoms with van der Waals surface area (Å²) >= 11 is 6.04.